The third kappa shape index (κ3) is 6.14. The summed E-state index contributed by atoms with van der Waals surface area (Å²) in [5, 5.41) is 15.1. The predicted molar refractivity (Wildman–Crippen MR) is 87.8 cm³/mol. The van der Waals surface area contributed by atoms with Crippen LogP contribution in [0.1, 0.15) is 27.2 Å². The SMILES string of the molecule is CCNC(C)CC(=O)Nc1ccc(N(CC)CCO)cc1. The summed E-state index contributed by atoms with van der Waals surface area (Å²) in [5.74, 6) is 0.0129. The van der Waals surface area contributed by atoms with Crippen LogP contribution in [0.25, 0.3) is 0 Å². The number of nitrogens with one attached hydrogen (secondary N) is 2. The number of anilines is 2. The molecule has 0 saturated heterocycles. The molecule has 1 unspecified atom stereocenters. The number of amides is 1. The van der Waals surface area contributed by atoms with Gasteiger partial charge in [0.2, 0.25) is 5.91 Å². The van der Waals surface area contributed by atoms with Crippen molar-refractivity contribution in [2.75, 3.05) is 36.5 Å². The van der Waals surface area contributed by atoms with Gasteiger partial charge in [0.25, 0.3) is 0 Å². The van der Waals surface area contributed by atoms with E-state index in [1.807, 2.05) is 45.0 Å². The number of aliphatic hydroxyl groups is 1. The molecule has 21 heavy (non-hydrogen) atoms. The van der Waals surface area contributed by atoms with E-state index in [0.29, 0.717) is 13.0 Å². The molecule has 0 spiro atoms. The first-order valence-corrected chi connectivity index (χ1v) is 7.59. The second kappa shape index (κ2) is 9.37. The number of carbonyl (C=O) groups is 1. The highest BCUT2D eigenvalue weighted by Gasteiger charge is 2.09. The topological polar surface area (TPSA) is 64.6 Å². The van der Waals surface area contributed by atoms with Crippen LogP contribution in [-0.4, -0.2) is 43.3 Å². The molecule has 1 rings (SSSR count). The van der Waals surface area contributed by atoms with Crippen LogP contribution in [0.5, 0.6) is 0 Å². The summed E-state index contributed by atoms with van der Waals surface area (Å²) in [7, 11) is 0. The predicted octanol–water partition coefficient (Wildman–Crippen LogP) is 1.83. The van der Waals surface area contributed by atoms with Gasteiger partial charge in [0.15, 0.2) is 0 Å². The normalized spacial score (nSPS) is 12.0. The number of hydrogen-bond acceptors (Lipinski definition) is 4. The quantitative estimate of drug-likeness (QED) is 0.650. The molecule has 1 amide bonds. The number of benzene rings is 1. The lowest BCUT2D eigenvalue weighted by atomic mass is 10.2. The molecule has 0 fully saturated rings. The fourth-order valence-corrected chi connectivity index (χ4v) is 2.26. The van der Waals surface area contributed by atoms with Gasteiger partial charge in [0.05, 0.1) is 6.61 Å². The first kappa shape index (κ1) is 17.5. The molecule has 1 aromatic rings. The van der Waals surface area contributed by atoms with Crippen LogP contribution < -0.4 is 15.5 Å². The van der Waals surface area contributed by atoms with Crippen molar-refractivity contribution in [1.29, 1.82) is 0 Å². The van der Waals surface area contributed by atoms with Crippen molar-refractivity contribution in [3.05, 3.63) is 24.3 Å². The molecule has 0 aromatic heterocycles. The van der Waals surface area contributed by atoms with Gasteiger partial charge in [-0.15, -0.1) is 0 Å². The third-order valence-corrected chi connectivity index (χ3v) is 3.31. The lowest BCUT2D eigenvalue weighted by molar-refractivity contribution is -0.116. The Bertz CT molecular complexity index is 420. The monoisotopic (exact) mass is 293 g/mol. The maximum Gasteiger partial charge on any atom is 0.225 e. The molecule has 1 aromatic carbocycles. The van der Waals surface area contributed by atoms with Crippen molar-refractivity contribution >= 4 is 17.3 Å². The van der Waals surface area contributed by atoms with Gasteiger partial charge < -0.3 is 20.6 Å². The highest BCUT2D eigenvalue weighted by atomic mass is 16.3. The van der Waals surface area contributed by atoms with E-state index in [9.17, 15) is 4.79 Å². The fraction of sp³-hybridized carbons (Fsp3) is 0.562. The minimum Gasteiger partial charge on any atom is -0.395 e. The third-order valence-electron chi connectivity index (χ3n) is 3.31. The Morgan fingerprint density at radius 2 is 1.95 bits per heavy atom. The molecule has 3 N–H and O–H groups in total. The highest BCUT2D eigenvalue weighted by molar-refractivity contribution is 5.91. The lowest BCUT2D eigenvalue weighted by Gasteiger charge is -2.22. The van der Waals surface area contributed by atoms with Crippen LogP contribution in [0.15, 0.2) is 24.3 Å². The summed E-state index contributed by atoms with van der Waals surface area (Å²) in [6.07, 6.45) is 0.460. The number of hydrogen-bond donors (Lipinski definition) is 3. The van der Waals surface area contributed by atoms with Crippen molar-refractivity contribution in [2.24, 2.45) is 0 Å². The maximum atomic E-state index is 11.9. The Morgan fingerprint density at radius 1 is 1.29 bits per heavy atom. The minimum atomic E-state index is 0.0129. The molecule has 0 aliphatic rings. The lowest BCUT2D eigenvalue weighted by Crippen LogP contribution is -2.30. The van der Waals surface area contributed by atoms with Gasteiger partial charge in [-0.25, -0.2) is 0 Å². The Labute approximate surface area is 127 Å². The van der Waals surface area contributed by atoms with E-state index in [0.717, 1.165) is 24.5 Å². The van der Waals surface area contributed by atoms with Crippen LogP contribution in [0.2, 0.25) is 0 Å². The van der Waals surface area contributed by atoms with Crippen molar-refractivity contribution < 1.29 is 9.90 Å². The number of likely N-dealkylation sites (N-methyl/N-ethyl adjacent to an activating group) is 1. The van der Waals surface area contributed by atoms with Crippen LogP contribution in [0.4, 0.5) is 11.4 Å². The molecule has 0 heterocycles. The van der Waals surface area contributed by atoms with Crippen molar-refractivity contribution in [2.45, 2.75) is 33.2 Å². The Kier molecular flexibility index (Phi) is 7.79. The molecular formula is C16H27N3O2. The van der Waals surface area contributed by atoms with Gasteiger partial charge in [-0.05, 0) is 44.7 Å². The molecule has 0 aliphatic carbocycles. The zero-order valence-electron chi connectivity index (χ0n) is 13.2. The summed E-state index contributed by atoms with van der Waals surface area (Å²) in [4.78, 5) is 14.0. The molecule has 0 bridgehead atoms. The highest BCUT2D eigenvalue weighted by Crippen LogP contribution is 2.17. The summed E-state index contributed by atoms with van der Waals surface area (Å²) in [5.41, 5.74) is 1.85. The van der Waals surface area contributed by atoms with Crippen LogP contribution >= 0.6 is 0 Å². The molecular weight excluding hydrogens is 266 g/mol. The maximum absolute atomic E-state index is 11.9. The summed E-state index contributed by atoms with van der Waals surface area (Å²) in [6, 6.07) is 7.89. The first-order valence-electron chi connectivity index (χ1n) is 7.59. The zero-order chi connectivity index (χ0) is 15.7. The molecule has 1 atom stereocenters. The van der Waals surface area contributed by atoms with Crippen molar-refractivity contribution in [1.82, 2.24) is 5.32 Å². The van der Waals surface area contributed by atoms with Gasteiger partial charge in [0.1, 0.15) is 0 Å². The Balaban J connectivity index is 2.56. The van der Waals surface area contributed by atoms with E-state index < -0.39 is 0 Å². The Morgan fingerprint density at radius 3 is 2.48 bits per heavy atom. The van der Waals surface area contributed by atoms with Crippen LogP contribution in [0, 0.1) is 0 Å². The number of carbonyl (C=O) groups excluding carboxylic acids is 1. The van der Waals surface area contributed by atoms with E-state index in [-0.39, 0.29) is 18.6 Å². The van der Waals surface area contributed by atoms with E-state index in [4.69, 9.17) is 5.11 Å². The number of nitrogens with zero attached hydrogens (tertiary/aromatic N) is 1. The van der Waals surface area contributed by atoms with Crippen molar-refractivity contribution in [3.8, 4) is 0 Å². The standard InChI is InChI=1S/C16H27N3O2/c1-4-17-13(3)12-16(21)18-14-6-8-15(9-7-14)19(5-2)10-11-20/h6-9,13,17,20H,4-5,10-12H2,1-3H3,(H,18,21). The number of aliphatic hydroxyl groups excluding tert-OH is 1. The summed E-state index contributed by atoms with van der Waals surface area (Å²) in [6.45, 7) is 8.52. The van der Waals surface area contributed by atoms with Crippen LogP contribution in [-0.2, 0) is 4.79 Å². The molecule has 0 radical (unpaired) electrons. The van der Waals surface area contributed by atoms with Gasteiger partial charge in [-0.1, -0.05) is 6.92 Å². The summed E-state index contributed by atoms with van der Waals surface area (Å²) >= 11 is 0. The second-order valence-electron chi connectivity index (χ2n) is 5.06. The van der Waals surface area contributed by atoms with E-state index in [1.54, 1.807) is 0 Å². The fourth-order valence-electron chi connectivity index (χ4n) is 2.26. The molecule has 118 valence electrons. The van der Waals surface area contributed by atoms with E-state index >= 15 is 0 Å². The van der Waals surface area contributed by atoms with E-state index in [1.165, 1.54) is 0 Å². The Hall–Kier alpha value is -1.59. The minimum absolute atomic E-state index is 0.0129. The largest absolute Gasteiger partial charge is 0.395 e. The first-order chi connectivity index (χ1) is 10.1. The van der Waals surface area contributed by atoms with E-state index in [2.05, 4.69) is 15.5 Å². The molecule has 0 saturated carbocycles. The summed E-state index contributed by atoms with van der Waals surface area (Å²) < 4.78 is 0. The van der Waals surface area contributed by atoms with Crippen LogP contribution in [0.3, 0.4) is 0 Å². The van der Waals surface area contributed by atoms with Gasteiger partial charge in [0, 0.05) is 36.9 Å². The molecule has 5 heteroatoms. The van der Waals surface area contributed by atoms with Gasteiger partial charge >= 0.3 is 0 Å². The molecule has 5 nitrogen and oxygen atoms in total. The van der Waals surface area contributed by atoms with Gasteiger partial charge in [-0.2, -0.15) is 0 Å². The van der Waals surface area contributed by atoms with Crippen molar-refractivity contribution in [3.63, 3.8) is 0 Å². The smallest absolute Gasteiger partial charge is 0.225 e. The average Bonchev–Trinajstić information content (AvgIpc) is 2.45. The van der Waals surface area contributed by atoms with Gasteiger partial charge in [-0.3, -0.25) is 4.79 Å². The second-order valence-corrected chi connectivity index (χ2v) is 5.06. The zero-order valence-corrected chi connectivity index (χ0v) is 13.2. The number of rotatable bonds is 9. The molecule has 0 aliphatic heterocycles. The average molecular weight is 293 g/mol.